The van der Waals surface area contributed by atoms with Crippen LogP contribution in [-0.4, -0.2) is 12.6 Å². The maximum Gasteiger partial charge on any atom is 0.313 e. The number of esters is 1. The molecule has 0 spiro atoms. The van der Waals surface area contributed by atoms with Crippen molar-refractivity contribution in [3.63, 3.8) is 0 Å². The molecule has 1 radical (unpaired) electrons. The van der Waals surface area contributed by atoms with Gasteiger partial charge in [-0.1, -0.05) is 5.92 Å². The predicted octanol–water partition coefficient (Wildman–Crippen LogP) is 1.17. The maximum absolute atomic E-state index is 10.7. The molecular weight excluding hydrogens is 128 g/mol. The highest BCUT2D eigenvalue weighted by Gasteiger charge is 2.06. The summed E-state index contributed by atoms with van der Waals surface area (Å²) in [7, 11) is 0. The second kappa shape index (κ2) is 4.87. The second-order valence-electron chi connectivity index (χ2n) is 2.00. The SMILES string of the molecule is CC#CCOC(=O)[C](C)C. The van der Waals surface area contributed by atoms with Crippen molar-refractivity contribution in [1.82, 2.24) is 0 Å². The van der Waals surface area contributed by atoms with E-state index in [0.29, 0.717) is 5.92 Å². The van der Waals surface area contributed by atoms with Gasteiger partial charge in [-0.25, -0.2) is 0 Å². The third-order valence-corrected chi connectivity index (χ3v) is 0.860. The maximum atomic E-state index is 10.7. The predicted molar refractivity (Wildman–Crippen MR) is 39.0 cm³/mol. The molecule has 0 aromatic heterocycles. The van der Waals surface area contributed by atoms with Crippen LogP contribution in [0.4, 0.5) is 0 Å². The summed E-state index contributed by atoms with van der Waals surface area (Å²) >= 11 is 0. The van der Waals surface area contributed by atoms with Crippen LogP contribution in [-0.2, 0) is 9.53 Å². The van der Waals surface area contributed by atoms with Crippen LogP contribution in [0.15, 0.2) is 0 Å². The van der Waals surface area contributed by atoms with E-state index in [1.807, 2.05) is 0 Å². The minimum absolute atomic E-state index is 0.195. The third-order valence-electron chi connectivity index (χ3n) is 0.860. The fraction of sp³-hybridized carbons (Fsp3) is 0.500. The van der Waals surface area contributed by atoms with Crippen LogP contribution < -0.4 is 0 Å². The van der Waals surface area contributed by atoms with Crippen molar-refractivity contribution < 1.29 is 9.53 Å². The first kappa shape index (κ1) is 9.03. The van der Waals surface area contributed by atoms with Crippen LogP contribution in [0.2, 0.25) is 0 Å². The molecule has 0 fully saturated rings. The Morgan fingerprint density at radius 1 is 1.50 bits per heavy atom. The molecule has 0 amide bonds. The van der Waals surface area contributed by atoms with Gasteiger partial charge in [0.1, 0.15) is 0 Å². The molecule has 0 heterocycles. The van der Waals surface area contributed by atoms with E-state index in [-0.39, 0.29) is 12.6 Å². The van der Waals surface area contributed by atoms with Crippen molar-refractivity contribution >= 4 is 5.97 Å². The normalized spacial score (nSPS) is 8.40. The van der Waals surface area contributed by atoms with Gasteiger partial charge in [0.15, 0.2) is 6.61 Å². The van der Waals surface area contributed by atoms with E-state index < -0.39 is 0 Å². The quantitative estimate of drug-likeness (QED) is 0.424. The van der Waals surface area contributed by atoms with E-state index in [1.165, 1.54) is 0 Å². The Morgan fingerprint density at radius 3 is 2.50 bits per heavy atom. The molecular formula is C8H11O2. The fourth-order valence-electron chi connectivity index (χ4n) is 0.318. The standard InChI is InChI=1S/C8H11O2/c1-4-5-6-10-8(9)7(2)3/h6H2,1-3H3. The Kier molecular flexibility index (Phi) is 4.39. The molecule has 0 saturated heterocycles. The number of hydrogen-bond acceptors (Lipinski definition) is 2. The fourth-order valence-corrected chi connectivity index (χ4v) is 0.318. The molecule has 0 aliphatic carbocycles. The number of hydrogen-bond donors (Lipinski definition) is 0. The largest absolute Gasteiger partial charge is 0.452 e. The van der Waals surface area contributed by atoms with Crippen LogP contribution in [0.5, 0.6) is 0 Å². The van der Waals surface area contributed by atoms with Gasteiger partial charge in [0.05, 0.1) is 5.92 Å². The first-order valence-corrected chi connectivity index (χ1v) is 3.05. The topological polar surface area (TPSA) is 26.3 Å². The number of ether oxygens (including phenoxy) is 1. The van der Waals surface area contributed by atoms with Gasteiger partial charge in [0, 0.05) is 0 Å². The molecule has 0 aliphatic heterocycles. The molecule has 0 N–H and O–H groups in total. The number of carbonyl (C=O) groups is 1. The summed E-state index contributed by atoms with van der Waals surface area (Å²) in [5, 5.41) is 0. The molecule has 0 aromatic carbocycles. The zero-order valence-electron chi connectivity index (χ0n) is 6.52. The van der Waals surface area contributed by atoms with Crippen molar-refractivity contribution in [2.24, 2.45) is 0 Å². The summed E-state index contributed by atoms with van der Waals surface area (Å²) in [6.07, 6.45) is 0. The smallest absolute Gasteiger partial charge is 0.313 e. The highest BCUT2D eigenvalue weighted by atomic mass is 16.5. The van der Waals surface area contributed by atoms with Gasteiger partial charge < -0.3 is 4.74 Å². The van der Waals surface area contributed by atoms with Gasteiger partial charge in [-0.05, 0) is 20.8 Å². The van der Waals surface area contributed by atoms with E-state index in [0.717, 1.165) is 0 Å². The zero-order chi connectivity index (χ0) is 7.98. The molecule has 0 rings (SSSR count). The van der Waals surface area contributed by atoms with Gasteiger partial charge >= 0.3 is 5.97 Å². The van der Waals surface area contributed by atoms with Crippen molar-refractivity contribution in [2.75, 3.05) is 6.61 Å². The molecule has 0 bridgehead atoms. The average Bonchev–Trinajstić information content (AvgIpc) is 1.88. The highest BCUT2D eigenvalue weighted by molar-refractivity contribution is 5.83. The summed E-state index contributed by atoms with van der Waals surface area (Å²) in [4.78, 5) is 10.7. The summed E-state index contributed by atoms with van der Waals surface area (Å²) in [6.45, 7) is 5.32. The molecule has 0 unspecified atom stereocenters. The lowest BCUT2D eigenvalue weighted by Crippen LogP contribution is -2.09. The lowest BCUT2D eigenvalue weighted by atomic mass is 10.2. The van der Waals surface area contributed by atoms with E-state index in [9.17, 15) is 4.79 Å². The van der Waals surface area contributed by atoms with Gasteiger partial charge in [0.2, 0.25) is 0 Å². The van der Waals surface area contributed by atoms with Gasteiger partial charge in [0.25, 0.3) is 0 Å². The minimum Gasteiger partial charge on any atom is -0.452 e. The summed E-state index contributed by atoms with van der Waals surface area (Å²) < 4.78 is 4.69. The summed E-state index contributed by atoms with van der Waals surface area (Å²) in [5.74, 6) is 5.63. The van der Waals surface area contributed by atoms with Crippen LogP contribution in [0.3, 0.4) is 0 Å². The van der Waals surface area contributed by atoms with E-state index in [4.69, 9.17) is 4.74 Å². The van der Waals surface area contributed by atoms with Crippen molar-refractivity contribution in [2.45, 2.75) is 20.8 Å². The molecule has 10 heavy (non-hydrogen) atoms. The van der Waals surface area contributed by atoms with Crippen LogP contribution in [0, 0.1) is 17.8 Å². The molecule has 55 valence electrons. The van der Waals surface area contributed by atoms with E-state index in [1.54, 1.807) is 20.8 Å². The van der Waals surface area contributed by atoms with E-state index >= 15 is 0 Å². The van der Waals surface area contributed by atoms with Gasteiger partial charge in [-0.3, -0.25) is 4.79 Å². The molecule has 2 nitrogen and oxygen atoms in total. The first-order valence-electron chi connectivity index (χ1n) is 3.05. The Bertz CT molecular complexity index is 160. The van der Waals surface area contributed by atoms with E-state index in [2.05, 4.69) is 11.8 Å². The zero-order valence-corrected chi connectivity index (χ0v) is 6.52. The Hall–Kier alpha value is -0.970. The first-order chi connectivity index (χ1) is 4.68. The van der Waals surface area contributed by atoms with Gasteiger partial charge in [-0.15, -0.1) is 5.92 Å². The lowest BCUT2D eigenvalue weighted by Gasteiger charge is -2.00. The molecule has 0 aromatic rings. The van der Waals surface area contributed by atoms with Crippen molar-refractivity contribution in [1.29, 1.82) is 0 Å². The number of rotatable bonds is 2. The molecule has 2 heteroatoms. The third kappa shape index (κ3) is 3.96. The van der Waals surface area contributed by atoms with Crippen molar-refractivity contribution in [3.8, 4) is 11.8 Å². The second-order valence-corrected chi connectivity index (χ2v) is 2.00. The molecule has 0 atom stereocenters. The monoisotopic (exact) mass is 139 g/mol. The Labute approximate surface area is 61.6 Å². The minimum atomic E-state index is -0.275. The Balaban J connectivity index is 3.47. The van der Waals surface area contributed by atoms with Gasteiger partial charge in [-0.2, -0.15) is 0 Å². The summed E-state index contributed by atoms with van der Waals surface area (Å²) in [6, 6.07) is 0. The highest BCUT2D eigenvalue weighted by Crippen LogP contribution is 1.96. The average molecular weight is 139 g/mol. The lowest BCUT2D eigenvalue weighted by molar-refractivity contribution is -0.139. The van der Waals surface area contributed by atoms with Crippen molar-refractivity contribution in [3.05, 3.63) is 5.92 Å². The molecule has 0 saturated carbocycles. The Morgan fingerprint density at radius 2 is 2.10 bits per heavy atom. The molecule has 0 aliphatic rings. The van der Waals surface area contributed by atoms with Crippen LogP contribution in [0.1, 0.15) is 20.8 Å². The number of carbonyl (C=O) groups excluding carboxylic acids is 1. The van der Waals surface area contributed by atoms with Crippen LogP contribution in [0.25, 0.3) is 0 Å². The summed E-state index contributed by atoms with van der Waals surface area (Å²) in [5.41, 5.74) is 0. The van der Waals surface area contributed by atoms with Crippen LogP contribution >= 0.6 is 0 Å².